The van der Waals surface area contributed by atoms with E-state index in [1.54, 1.807) is 24.1 Å². The number of nitro groups is 1. The van der Waals surface area contributed by atoms with E-state index < -0.39 is 4.92 Å². The fraction of sp³-hybridized carbons (Fsp3) is 0.417. The van der Waals surface area contributed by atoms with Crippen molar-refractivity contribution in [3.05, 3.63) is 33.3 Å². The largest absolute Gasteiger partial charge is 0.374 e. The number of hydrogen-bond donors (Lipinski definition) is 1. The number of piperidine rings is 1. The van der Waals surface area contributed by atoms with Crippen LogP contribution in [-0.2, 0) is 4.79 Å². The lowest BCUT2D eigenvalue weighted by Crippen LogP contribution is -2.43. The average Bonchev–Trinajstić information content (AvgIpc) is 2.36. The molecule has 102 valence electrons. The minimum absolute atomic E-state index is 0.0266. The van der Waals surface area contributed by atoms with E-state index in [1.807, 2.05) is 0 Å². The molecule has 1 aromatic carbocycles. The van der Waals surface area contributed by atoms with E-state index in [1.165, 1.54) is 6.07 Å². The fourth-order valence-corrected chi connectivity index (χ4v) is 2.37. The molecule has 0 saturated carbocycles. The van der Waals surface area contributed by atoms with E-state index in [4.69, 9.17) is 11.6 Å². The van der Waals surface area contributed by atoms with Crippen molar-refractivity contribution in [1.29, 1.82) is 0 Å². The normalized spacial score (nSPS) is 19.4. The molecule has 1 aliphatic heterocycles. The Labute approximate surface area is 115 Å². The Balaban J connectivity index is 2.19. The summed E-state index contributed by atoms with van der Waals surface area (Å²) in [6, 6.07) is 4.53. The predicted octanol–water partition coefficient (Wildman–Crippen LogP) is 2.28. The SMILES string of the molecule is CN1CC(Nc2c(Cl)cccc2[N+](=O)[O-])CCC1=O. The van der Waals surface area contributed by atoms with Crippen LogP contribution in [0.1, 0.15) is 12.8 Å². The zero-order chi connectivity index (χ0) is 14.0. The lowest BCUT2D eigenvalue weighted by Gasteiger charge is -2.30. The summed E-state index contributed by atoms with van der Waals surface area (Å²) in [4.78, 5) is 23.5. The summed E-state index contributed by atoms with van der Waals surface area (Å²) in [5.41, 5.74) is 0.272. The van der Waals surface area contributed by atoms with E-state index in [-0.39, 0.29) is 17.6 Å². The first-order valence-corrected chi connectivity index (χ1v) is 6.30. The van der Waals surface area contributed by atoms with Crippen LogP contribution in [0.3, 0.4) is 0 Å². The number of rotatable bonds is 3. The Kier molecular flexibility index (Phi) is 3.90. The van der Waals surface area contributed by atoms with Crippen LogP contribution in [0.25, 0.3) is 0 Å². The molecule has 0 radical (unpaired) electrons. The Hall–Kier alpha value is -1.82. The van der Waals surface area contributed by atoms with Crippen molar-refractivity contribution in [2.75, 3.05) is 18.9 Å². The molecule has 0 bridgehead atoms. The summed E-state index contributed by atoms with van der Waals surface area (Å²) in [6.45, 7) is 0.515. The molecule has 7 heteroatoms. The smallest absolute Gasteiger partial charge is 0.293 e. The van der Waals surface area contributed by atoms with Crippen molar-refractivity contribution in [2.24, 2.45) is 0 Å². The van der Waals surface area contributed by atoms with Gasteiger partial charge in [0.25, 0.3) is 5.69 Å². The highest BCUT2D eigenvalue weighted by Gasteiger charge is 2.26. The maximum Gasteiger partial charge on any atom is 0.293 e. The molecule has 0 aliphatic carbocycles. The Bertz CT molecular complexity index is 521. The summed E-state index contributed by atoms with van der Waals surface area (Å²) >= 11 is 6.01. The number of carbonyl (C=O) groups excluding carboxylic acids is 1. The van der Waals surface area contributed by atoms with Crippen LogP contribution in [0, 0.1) is 10.1 Å². The van der Waals surface area contributed by atoms with Gasteiger partial charge in [-0.3, -0.25) is 14.9 Å². The van der Waals surface area contributed by atoms with Gasteiger partial charge in [-0.25, -0.2) is 0 Å². The van der Waals surface area contributed by atoms with Gasteiger partial charge in [-0.1, -0.05) is 17.7 Å². The lowest BCUT2D eigenvalue weighted by molar-refractivity contribution is -0.384. The fourth-order valence-electron chi connectivity index (χ4n) is 2.14. The summed E-state index contributed by atoms with van der Waals surface area (Å²) in [6.07, 6.45) is 1.08. The van der Waals surface area contributed by atoms with E-state index >= 15 is 0 Å². The first-order valence-electron chi connectivity index (χ1n) is 5.92. The second-order valence-corrected chi connectivity index (χ2v) is 4.95. The summed E-state index contributed by atoms with van der Waals surface area (Å²) in [5, 5.41) is 14.4. The molecule has 1 amide bonds. The van der Waals surface area contributed by atoms with Crippen LogP contribution in [-0.4, -0.2) is 35.4 Å². The highest BCUT2D eigenvalue weighted by Crippen LogP contribution is 2.33. The first-order chi connectivity index (χ1) is 8.99. The van der Waals surface area contributed by atoms with E-state index in [2.05, 4.69) is 5.32 Å². The first kappa shape index (κ1) is 13.6. The van der Waals surface area contributed by atoms with Gasteiger partial charge < -0.3 is 10.2 Å². The molecule has 1 aromatic rings. The van der Waals surface area contributed by atoms with Gasteiger partial charge in [0.05, 0.1) is 9.95 Å². The molecule has 1 unspecified atom stereocenters. The third-order valence-corrected chi connectivity index (χ3v) is 3.48. The van der Waals surface area contributed by atoms with Gasteiger partial charge in [-0.15, -0.1) is 0 Å². The number of nitro benzene ring substituents is 1. The summed E-state index contributed by atoms with van der Waals surface area (Å²) < 4.78 is 0. The third kappa shape index (κ3) is 2.96. The molecule has 6 nitrogen and oxygen atoms in total. The second kappa shape index (κ2) is 5.44. The van der Waals surface area contributed by atoms with Gasteiger partial charge in [0.15, 0.2) is 0 Å². The highest BCUT2D eigenvalue weighted by molar-refractivity contribution is 6.33. The zero-order valence-electron chi connectivity index (χ0n) is 10.4. The lowest BCUT2D eigenvalue weighted by atomic mass is 10.1. The molecule has 0 aromatic heterocycles. The van der Waals surface area contributed by atoms with E-state index in [0.29, 0.717) is 30.1 Å². The van der Waals surface area contributed by atoms with Gasteiger partial charge in [0.1, 0.15) is 5.69 Å². The van der Waals surface area contributed by atoms with Crippen LogP contribution in [0.2, 0.25) is 5.02 Å². The van der Waals surface area contributed by atoms with Gasteiger partial charge in [-0.2, -0.15) is 0 Å². The Morgan fingerprint density at radius 3 is 2.89 bits per heavy atom. The Morgan fingerprint density at radius 2 is 2.26 bits per heavy atom. The highest BCUT2D eigenvalue weighted by atomic mass is 35.5. The number of likely N-dealkylation sites (N-methyl/N-ethyl adjacent to an activating group) is 1. The molecule has 1 atom stereocenters. The third-order valence-electron chi connectivity index (χ3n) is 3.16. The van der Waals surface area contributed by atoms with Gasteiger partial charge >= 0.3 is 0 Å². The standard InChI is InChI=1S/C12H14ClN3O3/c1-15-7-8(5-6-11(15)17)14-12-9(13)3-2-4-10(12)16(18)19/h2-4,8,14H,5-7H2,1H3. The average molecular weight is 284 g/mol. The van der Waals surface area contributed by atoms with Crippen LogP contribution in [0.4, 0.5) is 11.4 Å². The maximum absolute atomic E-state index is 11.4. The molecule has 1 N–H and O–H groups in total. The number of carbonyl (C=O) groups is 1. The number of anilines is 1. The van der Waals surface area contributed by atoms with Crippen LogP contribution in [0.15, 0.2) is 18.2 Å². The van der Waals surface area contributed by atoms with Crippen molar-refractivity contribution in [1.82, 2.24) is 4.90 Å². The monoisotopic (exact) mass is 283 g/mol. The summed E-state index contributed by atoms with van der Waals surface area (Å²) in [7, 11) is 1.72. The quantitative estimate of drug-likeness (QED) is 0.682. The van der Waals surface area contributed by atoms with E-state index in [9.17, 15) is 14.9 Å². The van der Waals surface area contributed by atoms with Crippen LogP contribution >= 0.6 is 11.6 Å². The minimum atomic E-state index is -0.466. The molecule has 0 spiro atoms. The van der Waals surface area contributed by atoms with Crippen LogP contribution in [0.5, 0.6) is 0 Å². The number of benzene rings is 1. The van der Waals surface area contributed by atoms with Gasteiger partial charge in [0, 0.05) is 32.1 Å². The molecular weight excluding hydrogens is 270 g/mol. The zero-order valence-corrected chi connectivity index (χ0v) is 11.2. The number of hydrogen-bond acceptors (Lipinski definition) is 4. The predicted molar refractivity (Wildman–Crippen MR) is 72.4 cm³/mol. The number of nitrogens with zero attached hydrogens (tertiary/aromatic N) is 2. The van der Waals surface area contributed by atoms with Crippen molar-refractivity contribution >= 4 is 28.9 Å². The molecule has 2 rings (SSSR count). The van der Waals surface area contributed by atoms with Crippen molar-refractivity contribution in [3.8, 4) is 0 Å². The molecular formula is C12H14ClN3O3. The van der Waals surface area contributed by atoms with Crippen molar-refractivity contribution < 1.29 is 9.72 Å². The molecule has 19 heavy (non-hydrogen) atoms. The van der Waals surface area contributed by atoms with E-state index in [0.717, 1.165) is 0 Å². The Morgan fingerprint density at radius 1 is 1.53 bits per heavy atom. The molecule has 1 aliphatic rings. The van der Waals surface area contributed by atoms with Crippen molar-refractivity contribution in [2.45, 2.75) is 18.9 Å². The minimum Gasteiger partial charge on any atom is -0.374 e. The van der Waals surface area contributed by atoms with Crippen LogP contribution < -0.4 is 5.32 Å². The number of amides is 1. The van der Waals surface area contributed by atoms with Gasteiger partial charge in [-0.05, 0) is 12.5 Å². The number of nitrogens with one attached hydrogen (secondary N) is 1. The number of para-hydroxylation sites is 1. The molecule has 1 heterocycles. The molecule has 1 saturated heterocycles. The second-order valence-electron chi connectivity index (χ2n) is 4.55. The van der Waals surface area contributed by atoms with Gasteiger partial charge in [0.2, 0.25) is 5.91 Å². The number of halogens is 1. The summed E-state index contributed by atoms with van der Waals surface area (Å²) in [5.74, 6) is 0.0895. The topological polar surface area (TPSA) is 75.5 Å². The maximum atomic E-state index is 11.4. The molecule has 1 fully saturated rings. The number of likely N-dealkylation sites (tertiary alicyclic amines) is 1. The van der Waals surface area contributed by atoms with Crippen molar-refractivity contribution in [3.63, 3.8) is 0 Å².